The number of morpholine rings is 1. The maximum atomic E-state index is 12.8. The quantitative estimate of drug-likeness (QED) is 0.454. The molecule has 172 valence electrons. The summed E-state index contributed by atoms with van der Waals surface area (Å²) >= 11 is 6.38. The smallest absolute Gasteiger partial charge is 0.255 e. The molecule has 1 aliphatic rings. The summed E-state index contributed by atoms with van der Waals surface area (Å²) in [6.07, 6.45) is 0.907. The number of carbonyl (C=O) groups is 1. The van der Waals surface area contributed by atoms with E-state index in [1.54, 1.807) is 48.5 Å². The summed E-state index contributed by atoms with van der Waals surface area (Å²) in [5.74, 6) is 0.537. The van der Waals surface area contributed by atoms with Gasteiger partial charge in [-0.1, -0.05) is 35.9 Å². The van der Waals surface area contributed by atoms with E-state index < -0.39 is 0 Å². The molecule has 0 bridgehead atoms. The lowest BCUT2D eigenvalue weighted by molar-refractivity contribution is 0.0358. The summed E-state index contributed by atoms with van der Waals surface area (Å²) < 4.78 is 11.2. The molecule has 3 aromatic rings. The molecule has 0 spiro atoms. The van der Waals surface area contributed by atoms with Crippen LogP contribution in [0.15, 0.2) is 66.7 Å². The number of phenols is 1. The standard InChI is InChI=1S/C26H27ClN2O4/c27-24-18-22(8-9-25(24)33-13-3-10-29-11-14-32-15-12-29)28-26(31)21-6-1-4-19(16-21)20-5-2-7-23(30)17-20/h1-2,4-9,16-18,30H,3,10-15H2,(H,28,31). The number of benzene rings is 3. The summed E-state index contributed by atoms with van der Waals surface area (Å²) in [6, 6.07) is 19.4. The number of hydrogen-bond acceptors (Lipinski definition) is 5. The van der Waals surface area contributed by atoms with Crippen molar-refractivity contribution in [2.45, 2.75) is 6.42 Å². The van der Waals surface area contributed by atoms with Crippen molar-refractivity contribution in [1.82, 2.24) is 4.90 Å². The Morgan fingerprint density at radius 3 is 2.55 bits per heavy atom. The molecule has 33 heavy (non-hydrogen) atoms. The lowest BCUT2D eigenvalue weighted by Crippen LogP contribution is -2.37. The van der Waals surface area contributed by atoms with Crippen molar-refractivity contribution in [1.29, 1.82) is 0 Å². The number of carbonyl (C=O) groups excluding carboxylic acids is 1. The van der Waals surface area contributed by atoms with Crippen molar-refractivity contribution in [2.24, 2.45) is 0 Å². The maximum Gasteiger partial charge on any atom is 0.255 e. The largest absolute Gasteiger partial charge is 0.508 e. The fourth-order valence-electron chi connectivity index (χ4n) is 3.72. The van der Waals surface area contributed by atoms with E-state index in [2.05, 4.69) is 10.2 Å². The summed E-state index contributed by atoms with van der Waals surface area (Å²) in [5.41, 5.74) is 2.78. The number of hydrogen-bond donors (Lipinski definition) is 2. The monoisotopic (exact) mass is 466 g/mol. The van der Waals surface area contributed by atoms with E-state index >= 15 is 0 Å². The van der Waals surface area contributed by atoms with Crippen LogP contribution in [-0.2, 0) is 4.74 Å². The summed E-state index contributed by atoms with van der Waals surface area (Å²) in [6.45, 7) is 5.05. The minimum atomic E-state index is -0.243. The first kappa shape index (κ1) is 23.1. The number of nitrogens with zero attached hydrogens (tertiary/aromatic N) is 1. The Kier molecular flexibility index (Phi) is 7.83. The van der Waals surface area contributed by atoms with Gasteiger partial charge in [0, 0.05) is 30.9 Å². The Labute approximate surface area is 198 Å². The Balaban J connectivity index is 1.33. The van der Waals surface area contributed by atoms with Crippen molar-refractivity contribution in [2.75, 3.05) is 44.8 Å². The van der Waals surface area contributed by atoms with Crippen LogP contribution >= 0.6 is 11.6 Å². The number of rotatable bonds is 8. The maximum absolute atomic E-state index is 12.8. The van der Waals surface area contributed by atoms with Crippen molar-refractivity contribution < 1.29 is 19.4 Å². The first-order valence-corrected chi connectivity index (χ1v) is 11.4. The summed E-state index contributed by atoms with van der Waals surface area (Å²) in [7, 11) is 0. The number of aromatic hydroxyl groups is 1. The van der Waals surface area contributed by atoms with E-state index in [0.29, 0.717) is 28.6 Å². The van der Waals surface area contributed by atoms with E-state index in [-0.39, 0.29) is 11.7 Å². The molecule has 7 heteroatoms. The number of amides is 1. The first-order chi connectivity index (χ1) is 16.1. The van der Waals surface area contributed by atoms with Gasteiger partial charge in [-0.05, 0) is 60.0 Å². The second-order valence-electron chi connectivity index (χ2n) is 7.89. The summed E-state index contributed by atoms with van der Waals surface area (Å²) in [5, 5.41) is 13.0. The zero-order valence-electron chi connectivity index (χ0n) is 18.3. The van der Waals surface area contributed by atoms with Crippen molar-refractivity contribution in [3.63, 3.8) is 0 Å². The highest BCUT2D eigenvalue weighted by molar-refractivity contribution is 6.32. The van der Waals surface area contributed by atoms with Gasteiger partial charge < -0.3 is 19.9 Å². The van der Waals surface area contributed by atoms with Crippen LogP contribution < -0.4 is 10.1 Å². The molecule has 0 aliphatic carbocycles. The van der Waals surface area contributed by atoms with Gasteiger partial charge in [-0.15, -0.1) is 0 Å². The molecule has 3 aromatic carbocycles. The highest BCUT2D eigenvalue weighted by Crippen LogP contribution is 2.29. The van der Waals surface area contributed by atoms with E-state index in [1.165, 1.54) is 0 Å². The molecule has 1 aliphatic heterocycles. The molecule has 0 radical (unpaired) electrons. The highest BCUT2D eigenvalue weighted by atomic mass is 35.5. The third-order valence-corrected chi connectivity index (χ3v) is 5.77. The third kappa shape index (κ3) is 6.48. The second-order valence-corrected chi connectivity index (χ2v) is 8.29. The van der Waals surface area contributed by atoms with Crippen LogP contribution in [0.4, 0.5) is 5.69 Å². The molecule has 6 nitrogen and oxygen atoms in total. The van der Waals surface area contributed by atoms with Crippen LogP contribution in [0.25, 0.3) is 11.1 Å². The van der Waals surface area contributed by atoms with Crippen molar-refractivity contribution >= 4 is 23.2 Å². The SMILES string of the molecule is O=C(Nc1ccc(OCCCN2CCOCC2)c(Cl)c1)c1cccc(-c2cccc(O)c2)c1. The number of halogens is 1. The molecule has 4 rings (SSSR count). The minimum absolute atomic E-state index is 0.181. The van der Waals surface area contributed by atoms with Crippen LogP contribution in [0.2, 0.25) is 5.02 Å². The minimum Gasteiger partial charge on any atom is -0.508 e. The average molecular weight is 467 g/mol. The molecule has 0 unspecified atom stereocenters. The fraction of sp³-hybridized carbons (Fsp3) is 0.269. The van der Waals surface area contributed by atoms with Crippen LogP contribution in [0.1, 0.15) is 16.8 Å². The van der Waals surface area contributed by atoms with E-state index in [1.807, 2.05) is 18.2 Å². The Morgan fingerprint density at radius 2 is 1.79 bits per heavy atom. The molecular formula is C26H27ClN2O4. The Morgan fingerprint density at radius 1 is 1.03 bits per heavy atom. The van der Waals surface area contributed by atoms with Gasteiger partial charge >= 0.3 is 0 Å². The van der Waals surface area contributed by atoms with Gasteiger partial charge in [0.2, 0.25) is 0 Å². The van der Waals surface area contributed by atoms with E-state index in [9.17, 15) is 9.90 Å². The molecule has 1 heterocycles. The Hall–Kier alpha value is -3.06. The molecule has 0 atom stereocenters. The predicted molar refractivity (Wildman–Crippen MR) is 130 cm³/mol. The van der Waals surface area contributed by atoms with E-state index in [0.717, 1.165) is 50.4 Å². The first-order valence-electron chi connectivity index (χ1n) is 11.0. The predicted octanol–water partition coefficient (Wildman–Crippen LogP) is 5.07. The zero-order valence-corrected chi connectivity index (χ0v) is 19.1. The van der Waals surface area contributed by atoms with Crippen molar-refractivity contribution in [3.05, 3.63) is 77.3 Å². The topological polar surface area (TPSA) is 71.0 Å². The highest BCUT2D eigenvalue weighted by Gasteiger charge is 2.12. The van der Waals surface area contributed by atoms with Gasteiger partial charge in [-0.3, -0.25) is 9.69 Å². The lowest BCUT2D eigenvalue weighted by atomic mass is 10.0. The molecule has 0 saturated carbocycles. The number of nitrogens with one attached hydrogen (secondary N) is 1. The molecule has 0 aromatic heterocycles. The summed E-state index contributed by atoms with van der Waals surface area (Å²) in [4.78, 5) is 15.1. The Bertz CT molecular complexity index is 1100. The second kappa shape index (κ2) is 11.2. The molecule has 1 fully saturated rings. The lowest BCUT2D eigenvalue weighted by Gasteiger charge is -2.26. The average Bonchev–Trinajstić information content (AvgIpc) is 2.84. The van der Waals surface area contributed by atoms with Gasteiger partial charge in [0.15, 0.2) is 0 Å². The fourth-order valence-corrected chi connectivity index (χ4v) is 3.95. The molecular weight excluding hydrogens is 440 g/mol. The van der Waals surface area contributed by atoms with Crippen LogP contribution in [-0.4, -0.2) is 55.4 Å². The van der Waals surface area contributed by atoms with Gasteiger partial charge in [-0.25, -0.2) is 0 Å². The number of anilines is 1. The van der Waals surface area contributed by atoms with Gasteiger partial charge in [-0.2, -0.15) is 0 Å². The van der Waals surface area contributed by atoms with Gasteiger partial charge in [0.1, 0.15) is 11.5 Å². The zero-order chi connectivity index (χ0) is 23.0. The third-order valence-electron chi connectivity index (χ3n) is 5.47. The van der Waals surface area contributed by atoms with Gasteiger partial charge in [0.25, 0.3) is 5.91 Å². The molecule has 2 N–H and O–H groups in total. The normalized spacial score (nSPS) is 14.1. The van der Waals surface area contributed by atoms with Crippen LogP contribution in [0.5, 0.6) is 11.5 Å². The number of phenolic OH excluding ortho intramolecular Hbond substituents is 1. The van der Waals surface area contributed by atoms with Gasteiger partial charge in [0.05, 0.1) is 24.8 Å². The van der Waals surface area contributed by atoms with Crippen LogP contribution in [0, 0.1) is 0 Å². The van der Waals surface area contributed by atoms with Crippen LogP contribution in [0.3, 0.4) is 0 Å². The number of ether oxygens (including phenoxy) is 2. The van der Waals surface area contributed by atoms with E-state index in [4.69, 9.17) is 21.1 Å². The molecule has 1 amide bonds. The molecule has 1 saturated heterocycles. The van der Waals surface area contributed by atoms with Crippen molar-refractivity contribution in [3.8, 4) is 22.6 Å².